The molecule has 7 nitrogen and oxygen atoms in total. The van der Waals surface area contributed by atoms with Crippen LogP contribution in [0.4, 0.5) is 11.5 Å². The molecule has 1 aromatic heterocycles. The maximum absolute atomic E-state index is 12.7. The number of nitrogens with zero attached hydrogens (tertiary/aromatic N) is 2. The number of ether oxygens (including phenoxy) is 1. The van der Waals surface area contributed by atoms with Crippen molar-refractivity contribution in [3.63, 3.8) is 0 Å². The summed E-state index contributed by atoms with van der Waals surface area (Å²) in [5.41, 5.74) is 4.20. The average molecular weight is 445 g/mol. The van der Waals surface area contributed by atoms with E-state index in [1.807, 2.05) is 17.7 Å². The molecule has 3 aromatic rings. The number of aromatic nitrogens is 2. The number of amides is 2. The Hall–Kier alpha value is -3.61. The van der Waals surface area contributed by atoms with Gasteiger partial charge in [0.1, 0.15) is 11.6 Å². The summed E-state index contributed by atoms with van der Waals surface area (Å²) in [5.74, 6) is 1.15. The molecule has 2 amide bonds. The van der Waals surface area contributed by atoms with Gasteiger partial charge in [0, 0.05) is 23.2 Å². The zero-order valence-electron chi connectivity index (χ0n) is 18.7. The summed E-state index contributed by atoms with van der Waals surface area (Å²) in [6, 6.07) is 15.7. The van der Waals surface area contributed by atoms with E-state index in [0.717, 1.165) is 37.7 Å². The molecule has 1 atom stereocenters. The molecule has 33 heavy (non-hydrogen) atoms. The molecule has 0 radical (unpaired) electrons. The van der Waals surface area contributed by atoms with E-state index in [9.17, 15) is 9.59 Å². The van der Waals surface area contributed by atoms with Crippen molar-refractivity contribution in [1.29, 1.82) is 0 Å². The van der Waals surface area contributed by atoms with Gasteiger partial charge in [-0.25, -0.2) is 4.68 Å². The minimum absolute atomic E-state index is 0.0397. The first-order valence-corrected chi connectivity index (χ1v) is 11.5. The molecule has 170 valence electrons. The van der Waals surface area contributed by atoms with Crippen LogP contribution in [0.5, 0.6) is 5.75 Å². The van der Waals surface area contributed by atoms with Gasteiger partial charge in [-0.2, -0.15) is 5.10 Å². The molecule has 1 saturated carbocycles. The number of rotatable bonds is 7. The minimum atomic E-state index is -0.253. The van der Waals surface area contributed by atoms with Gasteiger partial charge < -0.3 is 15.4 Å². The van der Waals surface area contributed by atoms with Crippen molar-refractivity contribution in [1.82, 2.24) is 9.78 Å². The van der Waals surface area contributed by atoms with Gasteiger partial charge in [0.25, 0.3) is 5.91 Å². The number of benzene rings is 2. The van der Waals surface area contributed by atoms with E-state index in [2.05, 4.69) is 40.0 Å². The summed E-state index contributed by atoms with van der Waals surface area (Å²) in [6.45, 7) is 1.81. The van der Waals surface area contributed by atoms with Crippen molar-refractivity contribution in [3.05, 3.63) is 71.4 Å². The van der Waals surface area contributed by atoms with E-state index in [4.69, 9.17) is 4.74 Å². The summed E-state index contributed by atoms with van der Waals surface area (Å²) in [4.78, 5) is 24.7. The molecular formula is C26H28N4O3. The summed E-state index contributed by atoms with van der Waals surface area (Å²) < 4.78 is 7.63. The fourth-order valence-corrected chi connectivity index (χ4v) is 4.39. The van der Waals surface area contributed by atoms with E-state index in [1.54, 1.807) is 24.4 Å². The molecule has 2 N–H and O–H groups in total. The van der Waals surface area contributed by atoms with Gasteiger partial charge >= 0.3 is 0 Å². The normalized spacial score (nSPS) is 17.2. The van der Waals surface area contributed by atoms with E-state index in [-0.39, 0.29) is 30.4 Å². The van der Waals surface area contributed by atoms with Gasteiger partial charge in [-0.15, -0.1) is 0 Å². The van der Waals surface area contributed by atoms with Crippen LogP contribution in [0.1, 0.15) is 48.4 Å². The number of nitrogens with one attached hydrogen (secondary N) is 2. The summed E-state index contributed by atoms with van der Waals surface area (Å²) in [5, 5.41) is 10.5. The second kappa shape index (κ2) is 9.10. The molecule has 5 rings (SSSR count). The number of anilines is 2. The zero-order valence-corrected chi connectivity index (χ0v) is 18.7. The highest BCUT2D eigenvalue weighted by molar-refractivity contribution is 5.94. The lowest BCUT2D eigenvalue weighted by atomic mass is 9.88. The maximum Gasteiger partial charge on any atom is 0.263 e. The van der Waals surface area contributed by atoms with Gasteiger partial charge in [0.15, 0.2) is 6.61 Å². The third kappa shape index (κ3) is 4.77. The van der Waals surface area contributed by atoms with Crippen molar-refractivity contribution < 1.29 is 14.3 Å². The lowest BCUT2D eigenvalue weighted by Gasteiger charge is -2.27. The second-order valence-electron chi connectivity index (χ2n) is 8.86. The van der Waals surface area contributed by atoms with Gasteiger partial charge in [-0.1, -0.05) is 30.3 Å². The Balaban J connectivity index is 1.24. The molecule has 0 saturated heterocycles. The van der Waals surface area contributed by atoms with E-state index >= 15 is 0 Å². The number of hydrogen-bond acceptors (Lipinski definition) is 4. The van der Waals surface area contributed by atoms with Crippen LogP contribution >= 0.6 is 0 Å². The predicted octanol–water partition coefficient (Wildman–Crippen LogP) is 4.48. The van der Waals surface area contributed by atoms with Gasteiger partial charge in [-0.3, -0.25) is 9.59 Å². The Morgan fingerprint density at radius 2 is 1.94 bits per heavy atom. The minimum Gasteiger partial charge on any atom is -0.484 e. The molecule has 2 aliphatic rings. The molecule has 2 aromatic carbocycles. The first-order valence-electron chi connectivity index (χ1n) is 11.5. The van der Waals surface area contributed by atoms with E-state index in [0.29, 0.717) is 17.3 Å². The SMILES string of the molecule is Cc1cnn(C2CCCc3ccccc32)c1NC(=O)COc1cccc(NC(=O)C2CC2)c1. The van der Waals surface area contributed by atoms with Crippen LogP contribution < -0.4 is 15.4 Å². The summed E-state index contributed by atoms with van der Waals surface area (Å²) in [6.07, 6.45) is 6.83. The van der Waals surface area contributed by atoms with Crippen molar-refractivity contribution >= 4 is 23.3 Å². The van der Waals surface area contributed by atoms with Gasteiger partial charge in [-0.05, 0) is 62.3 Å². The van der Waals surface area contributed by atoms with Crippen molar-refractivity contribution in [3.8, 4) is 5.75 Å². The van der Waals surface area contributed by atoms with Crippen LogP contribution in [0.3, 0.4) is 0 Å². The first kappa shape index (κ1) is 21.2. The number of fused-ring (bicyclic) bond motifs is 1. The van der Waals surface area contributed by atoms with Crippen LogP contribution in [0.15, 0.2) is 54.7 Å². The largest absolute Gasteiger partial charge is 0.484 e. The standard InChI is InChI=1S/C26H28N4O3/c1-17-15-27-30(23-11-4-7-18-6-2-3-10-22(18)23)25(17)29-24(31)16-33-21-9-5-8-20(14-21)28-26(32)19-12-13-19/h2-3,5-6,8-10,14-15,19,23H,4,7,11-13,16H2,1H3,(H,28,32)(H,29,31). The molecule has 0 aliphatic heterocycles. The quantitative estimate of drug-likeness (QED) is 0.563. The molecule has 1 unspecified atom stereocenters. The van der Waals surface area contributed by atoms with Crippen LogP contribution in [-0.4, -0.2) is 28.2 Å². The Morgan fingerprint density at radius 3 is 2.79 bits per heavy atom. The molecule has 1 fully saturated rings. The Labute approximate surface area is 193 Å². The monoisotopic (exact) mass is 444 g/mol. The average Bonchev–Trinajstić information content (AvgIpc) is 3.62. The Kier molecular flexibility index (Phi) is 5.86. The molecule has 7 heteroatoms. The Bertz CT molecular complexity index is 1180. The van der Waals surface area contributed by atoms with Crippen LogP contribution in [-0.2, 0) is 16.0 Å². The Morgan fingerprint density at radius 1 is 1.09 bits per heavy atom. The molecule has 1 heterocycles. The highest BCUT2D eigenvalue weighted by Crippen LogP contribution is 2.35. The van der Waals surface area contributed by atoms with Crippen LogP contribution in [0.25, 0.3) is 0 Å². The summed E-state index contributed by atoms with van der Waals surface area (Å²) in [7, 11) is 0. The predicted molar refractivity (Wildman–Crippen MR) is 126 cm³/mol. The van der Waals surface area contributed by atoms with Crippen molar-refractivity contribution in [2.45, 2.75) is 45.1 Å². The van der Waals surface area contributed by atoms with Crippen LogP contribution in [0, 0.1) is 12.8 Å². The molecule has 0 spiro atoms. The highest BCUT2D eigenvalue weighted by Gasteiger charge is 2.29. The van der Waals surface area contributed by atoms with E-state index < -0.39 is 0 Å². The lowest BCUT2D eigenvalue weighted by Crippen LogP contribution is -2.25. The number of carbonyl (C=O) groups excluding carboxylic acids is 2. The van der Waals surface area contributed by atoms with Crippen LogP contribution in [0.2, 0.25) is 0 Å². The smallest absolute Gasteiger partial charge is 0.263 e. The third-order valence-electron chi connectivity index (χ3n) is 6.29. The van der Waals surface area contributed by atoms with E-state index in [1.165, 1.54) is 11.1 Å². The number of aryl methyl sites for hydroxylation is 2. The molecular weight excluding hydrogens is 416 g/mol. The van der Waals surface area contributed by atoms with Gasteiger partial charge in [0.05, 0.1) is 12.2 Å². The fourth-order valence-electron chi connectivity index (χ4n) is 4.39. The second-order valence-corrected chi connectivity index (χ2v) is 8.86. The molecule has 0 bridgehead atoms. The van der Waals surface area contributed by atoms with Gasteiger partial charge in [0.2, 0.25) is 5.91 Å². The highest BCUT2D eigenvalue weighted by atomic mass is 16.5. The van der Waals surface area contributed by atoms with Crippen molar-refractivity contribution in [2.75, 3.05) is 17.2 Å². The summed E-state index contributed by atoms with van der Waals surface area (Å²) >= 11 is 0. The number of hydrogen-bond donors (Lipinski definition) is 2. The topological polar surface area (TPSA) is 85.2 Å². The number of carbonyl (C=O) groups is 2. The maximum atomic E-state index is 12.7. The fraction of sp³-hybridized carbons (Fsp3) is 0.346. The first-order chi connectivity index (χ1) is 16.1. The van der Waals surface area contributed by atoms with Crippen molar-refractivity contribution in [2.24, 2.45) is 5.92 Å². The zero-order chi connectivity index (χ0) is 22.8. The molecule has 2 aliphatic carbocycles. The third-order valence-corrected chi connectivity index (χ3v) is 6.29. The lowest BCUT2D eigenvalue weighted by molar-refractivity contribution is -0.118.